The molecule has 98 valence electrons. The number of amides is 1. The summed E-state index contributed by atoms with van der Waals surface area (Å²) in [6.45, 7) is 1.40. The van der Waals surface area contributed by atoms with Crippen LogP contribution in [0.15, 0.2) is 30.3 Å². The Balaban J connectivity index is 1.98. The van der Waals surface area contributed by atoms with Crippen LogP contribution in [-0.2, 0) is 4.79 Å². The molecule has 1 aromatic rings. The molecule has 0 bridgehead atoms. The van der Waals surface area contributed by atoms with Crippen LogP contribution in [0.3, 0.4) is 0 Å². The molecule has 2 aliphatic heterocycles. The minimum absolute atomic E-state index is 0.00386. The molecule has 1 amide bonds. The van der Waals surface area contributed by atoms with Gasteiger partial charge in [0, 0.05) is 5.69 Å². The van der Waals surface area contributed by atoms with Crippen molar-refractivity contribution in [3.8, 4) is 0 Å². The summed E-state index contributed by atoms with van der Waals surface area (Å²) < 4.78 is 0. The van der Waals surface area contributed by atoms with Crippen molar-refractivity contribution in [2.75, 3.05) is 18.0 Å². The van der Waals surface area contributed by atoms with Gasteiger partial charge in [-0.2, -0.15) is 0 Å². The van der Waals surface area contributed by atoms with Gasteiger partial charge in [-0.1, -0.05) is 18.2 Å². The van der Waals surface area contributed by atoms with Gasteiger partial charge in [-0.15, -0.1) is 0 Å². The summed E-state index contributed by atoms with van der Waals surface area (Å²) >= 11 is 0. The Kier molecular flexibility index (Phi) is 3.11. The lowest BCUT2D eigenvalue weighted by molar-refractivity contribution is -0.117. The summed E-state index contributed by atoms with van der Waals surface area (Å²) in [5.74, 6) is 0.00386. The van der Waals surface area contributed by atoms with E-state index in [1.54, 1.807) is 9.71 Å². The van der Waals surface area contributed by atoms with Gasteiger partial charge >= 0.3 is 0 Å². The molecule has 5 heteroatoms. The molecule has 0 aliphatic carbocycles. The lowest BCUT2D eigenvalue weighted by Crippen LogP contribution is -2.57. The third-order valence-electron chi connectivity index (χ3n) is 4.36. The zero-order chi connectivity index (χ0) is 13.5. The Morgan fingerprint density at radius 2 is 1.84 bits per heavy atom. The standard InChI is InChI=1S/C14H17BN2O2/c15-16-8-6-14(7-9-16)12(18)10-13(19)17(14)11-4-2-1-3-5-11/h1-5,12,18H,6-10H2. The number of benzene rings is 1. The van der Waals surface area contributed by atoms with Crippen molar-refractivity contribution in [1.29, 1.82) is 0 Å². The van der Waals surface area contributed by atoms with Crippen LogP contribution in [0.5, 0.6) is 0 Å². The second-order valence-corrected chi connectivity index (χ2v) is 5.42. The molecule has 4 nitrogen and oxygen atoms in total. The first kappa shape index (κ1) is 12.7. The van der Waals surface area contributed by atoms with E-state index < -0.39 is 11.6 Å². The third-order valence-corrected chi connectivity index (χ3v) is 4.36. The molecule has 2 fully saturated rings. The van der Waals surface area contributed by atoms with Crippen molar-refractivity contribution in [3.63, 3.8) is 0 Å². The molecule has 3 rings (SSSR count). The highest BCUT2D eigenvalue weighted by atomic mass is 16.3. The Labute approximate surface area is 114 Å². The summed E-state index contributed by atoms with van der Waals surface area (Å²) in [5.41, 5.74) is 0.392. The second-order valence-electron chi connectivity index (χ2n) is 5.42. The maximum absolute atomic E-state index is 12.3. The highest BCUT2D eigenvalue weighted by molar-refractivity contribution is 6.04. The predicted molar refractivity (Wildman–Crippen MR) is 73.8 cm³/mol. The van der Waals surface area contributed by atoms with E-state index in [0.717, 1.165) is 5.69 Å². The van der Waals surface area contributed by atoms with E-state index in [4.69, 9.17) is 7.98 Å². The second kappa shape index (κ2) is 4.65. The predicted octanol–water partition coefficient (Wildman–Crippen LogP) is 0.702. The van der Waals surface area contributed by atoms with Gasteiger partial charge in [0.2, 0.25) is 5.91 Å². The lowest BCUT2D eigenvalue weighted by Gasteiger charge is -2.45. The van der Waals surface area contributed by atoms with Crippen LogP contribution in [0.4, 0.5) is 5.69 Å². The molecule has 0 saturated carbocycles. The first-order valence-electron chi connectivity index (χ1n) is 6.69. The van der Waals surface area contributed by atoms with Crippen molar-refractivity contribution in [2.24, 2.45) is 0 Å². The summed E-state index contributed by atoms with van der Waals surface area (Å²) in [5, 5.41) is 10.4. The normalized spacial score (nSPS) is 27.1. The van der Waals surface area contributed by atoms with Gasteiger partial charge in [0.1, 0.15) is 0 Å². The van der Waals surface area contributed by atoms with Crippen LogP contribution >= 0.6 is 0 Å². The number of rotatable bonds is 1. The maximum atomic E-state index is 12.3. The number of hydrogen-bond acceptors (Lipinski definition) is 3. The molecule has 2 saturated heterocycles. The highest BCUT2D eigenvalue weighted by Gasteiger charge is 2.53. The van der Waals surface area contributed by atoms with E-state index in [2.05, 4.69) is 0 Å². The number of carbonyl (C=O) groups is 1. The molecule has 19 heavy (non-hydrogen) atoms. The zero-order valence-electron chi connectivity index (χ0n) is 10.8. The minimum Gasteiger partial charge on any atom is -0.390 e. The number of carbonyl (C=O) groups excluding carboxylic acids is 1. The van der Waals surface area contributed by atoms with E-state index in [1.807, 2.05) is 30.3 Å². The monoisotopic (exact) mass is 256 g/mol. The number of anilines is 1. The molecule has 2 radical (unpaired) electrons. The Morgan fingerprint density at radius 3 is 2.47 bits per heavy atom. The molecule has 1 spiro atoms. The number of piperidine rings is 1. The van der Waals surface area contributed by atoms with E-state index >= 15 is 0 Å². The summed E-state index contributed by atoms with van der Waals surface area (Å²) in [7, 11) is 5.80. The van der Waals surface area contributed by atoms with Crippen LogP contribution in [0.2, 0.25) is 0 Å². The van der Waals surface area contributed by atoms with Crippen molar-refractivity contribution < 1.29 is 9.90 Å². The Morgan fingerprint density at radius 1 is 1.21 bits per heavy atom. The van der Waals surface area contributed by atoms with E-state index in [1.165, 1.54) is 0 Å². The van der Waals surface area contributed by atoms with Crippen LogP contribution in [-0.4, -0.2) is 48.5 Å². The van der Waals surface area contributed by atoms with Crippen LogP contribution < -0.4 is 4.90 Å². The van der Waals surface area contributed by atoms with Crippen LogP contribution in [0.1, 0.15) is 19.3 Å². The fourth-order valence-corrected chi connectivity index (χ4v) is 3.29. The summed E-state index contributed by atoms with van der Waals surface area (Å²) in [6, 6.07) is 9.60. The molecular weight excluding hydrogens is 239 g/mol. The van der Waals surface area contributed by atoms with Gasteiger partial charge in [-0.05, 0) is 38.1 Å². The van der Waals surface area contributed by atoms with E-state index in [0.29, 0.717) is 25.9 Å². The molecule has 1 aromatic carbocycles. The van der Waals surface area contributed by atoms with Crippen molar-refractivity contribution in [1.82, 2.24) is 4.81 Å². The first-order chi connectivity index (χ1) is 9.13. The number of aliphatic hydroxyl groups excluding tert-OH is 1. The molecule has 1 unspecified atom stereocenters. The number of para-hydroxylation sites is 1. The van der Waals surface area contributed by atoms with Crippen molar-refractivity contribution in [2.45, 2.75) is 30.9 Å². The first-order valence-corrected chi connectivity index (χ1v) is 6.69. The molecule has 1 N–H and O–H groups in total. The SMILES string of the molecule is [B]N1CCC2(CC1)C(O)CC(=O)N2c1ccccc1. The summed E-state index contributed by atoms with van der Waals surface area (Å²) in [6.07, 6.45) is 1.03. The number of aliphatic hydroxyl groups is 1. The molecule has 0 aromatic heterocycles. The van der Waals surface area contributed by atoms with E-state index in [-0.39, 0.29) is 12.3 Å². The minimum atomic E-state index is -0.603. The van der Waals surface area contributed by atoms with Crippen LogP contribution in [0, 0.1) is 0 Å². The largest absolute Gasteiger partial charge is 0.390 e. The average Bonchev–Trinajstić information content (AvgIpc) is 2.65. The highest BCUT2D eigenvalue weighted by Crippen LogP contribution is 2.41. The van der Waals surface area contributed by atoms with Gasteiger partial charge in [-0.25, -0.2) is 0 Å². The molecule has 2 heterocycles. The average molecular weight is 256 g/mol. The van der Waals surface area contributed by atoms with Gasteiger partial charge in [0.15, 0.2) is 7.98 Å². The number of hydrogen-bond donors (Lipinski definition) is 1. The zero-order valence-corrected chi connectivity index (χ0v) is 10.8. The fourth-order valence-electron chi connectivity index (χ4n) is 3.29. The smallest absolute Gasteiger partial charge is 0.230 e. The third kappa shape index (κ3) is 1.97. The van der Waals surface area contributed by atoms with Gasteiger partial charge < -0.3 is 14.8 Å². The summed E-state index contributed by atoms with van der Waals surface area (Å²) in [4.78, 5) is 15.8. The van der Waals surface area contributed by atoms with E-state index in [9.17, 15) is 9.90 Å². The van der Waals surface area contributed by atoms with Crippen molar-refractivity contribution >= 4 is 19.6 Å². The lowest BCUT2D eigenvalue weighted by atomic mass is 9.81. The fraction of sp³-hybridized carbons (Fsp3) is 0.500. The maximum Gasteiger partial charge on any atom is 0.230 e. The van der Waals surface area contributed by atoms with Gasteiger partial charge in [-0.3, -0.25) is 4.79 Å². The quantitative estimate of drug-likeness (QED) is 0.752. The topological polar surface area (TPSA) is 43.8 Å². The Bertz CT molecular complexity index is 472. The van der Waals surface area contributed by atoms with Crippen LogP contribution in [0.25, 0.3) is 0 Å². The number of nitrogens with zero attached hydrogens (tertiary/aromatic N) is 2. The molecular formula is C14H17BN2O2. The van der Waals surface area contributed by atoms with Gasteiger partial charge in [0.05, 0.1) is 18.1 Å². The molecule has 1 atom stereocenters. The Hall–Kier alpha value is -1.33. The molecule has 2 aliphatic rings. The van der Waals surface area contributed by atoms with Crippen molar-refractivity contribution in [3.05, 3.63) is 30.3 Å². The van der Waals surface area contributed by atoms with Gasteiger partial charge in [0.25, 0.3) is 0 Å².